The Morgan fingerprint density at radius 2 is 2.28 bits per heavy atom. The number of nitrogen functional groups attached to an aromatic ring is 1. The molecule has 0 aliphatic carbocycles. The van der Waals surface area contributed by atoms with Crippen molar-refractivity contribution in [1.29, 1.82) is 5.26 Å². The van der Waals surface area contributed by atoms with E-state index in [1.54, 1.807) is 0 Å². The number of anilines is 1. The van der Waals surface area contributed by atoms with E-state index in [2.05, 4.69) is 0 Å². The van der Waals surface area contributed by atoms with E-state index in [9.17, 15) is 18.5 Å². The van der Waals surface area contributed by atoms with Crippen LogP contribution in [0.5, 0.6) is 0 Å². The quantitative estimate of drug-likeness (QED) is 0.629. The van der Waals surface area contributed by atoms with Gasteiger partial charge in [0.2, 0.25) is 0 Å². The number of hydrogen-bond donors (Lipinski definition) is 1. The molecule has 0 aromatic carbocycles. The Balaban J connectivity index is 3.10. The van der Waals surface area contributed by atoms with Gasteiger partial charge < -0.3 is 5.73 Å². The van der Waals surface area contributed by atoms with Gasteiger partial charge in [-0.05, 0) is 0 Å². The second-order valence-corrected chi connectivity index (χ2v) is 6.66. The molecule has 1 heterocycles. The highest BCUT2D eigenvalue weighted by molar-refractivity contribution is 7.91. The van der Waals surface area contributed by atoms with Gasteiger partial charge in [0.1, 0.15) is 4.21 Å². The molecule has 0 radical (unpaired) electrons. The predicted molar refractivity (Wildman–Crippen MR) is 65.4 cm³/mol. The molecule has 0 saturated carbocycles. The number of nitrogens with two attached hydrogens (primary N) is 1. The van der Waals surface area contributed by atoms with Crippen LogP contribution in [0.3, 0.4) is 0 Å². The molecule has 0 fully saturated rings. The van der Waals surface area contributed by atoms with E-state index in [4.69, 9.17) is 11.0 Å². The average molecular weight is 290 g/mol. The summed E-state index contributed by atoms with van der Waals surface area (Å²) in [7, 11) is -2.53. The Morgan fingerprint density at radius 3 is 2.72 bits per heavy atom. The first kappa shape index (κ1) is 14.4. The Bertz CT molecular complexity index is 601. The summed E-state index contributed by atoms with van der Waals surface area (Å²) in [4.78, 5) is 9.85. The summed E-state index contributed by atoms with van der Waals surface area (Å²) < 4.78 is 24.7. The van der Waals surface area contributed by atoms with Crippen LogP contribution in [-0.4, -0.2) is 31.2 Å². The zero-order chi connectivity index (χ0) is 13.9. The van der Waals surface area contributed by atoms with Crippen LogP contribution in [0.4, 0.5) is 10.7 Å². The van der Waals surface area contributed by atoms with E-state index >= 15 is 0 Å². The van der Waals surface area contributed by atoms with Crippen LogP contribution in [0.25, 0.3) is 0 Å². The first-order valence-corrected chi connectivity index (χ1v) is 6.93. The summed E-state index contributed by atoms with van der Waals surface area (Å²) in [6.45, 7) is 0.0183. The third-order valence-corrected chi connectivity index (χ3v) is 5.38. The number of nitriles is 1. The van der Waals surface area contributed by atoms with Crippen molar-refractivity contribution in [2.75, 3.05) is 19.3 Å². The van der Waals surface area contributed by atoms with Crippen LogP contribution in [0.1, 0.15) is 6.42 Å². The molecule has 8 nitrogen and oxygen atoms in total. The van der Waals surface area contributed by atoms with Crippen LogP contribution in [-0.2, 0) is 10.0 Å². The minimum atomic E-state index is -3.83. The van der Waals surface area contributed by atoms with E-state index in [1.807, 2.05) is 6.07 Å². The Morgan fingerprint density at radius 1 is 1.67 bits per heavy atom. The molecular weight excluding hydrogens is 280 g/mol. The van der Waals surface area contributed by atoms with Gasteiger partial charge in [0.15, 0.2) is 5.00 Å². The van der Waals surface area contributed by atoms with Crippen LogP contribution in [0, 0.1) is 21.4 Å². The van der Waals surface area contributed by atoms with Gasteiger partial charge in [0, 0.05) is 26.1 Å². The first-order chi connectivity index (χ1) is 8.30. The molecule has 0 bridgehead atoms. The maximum atomic E-state index is 12.0. The highest BCUT2D eigenvalue weighted by Gasteiger charge is 2.27. The summed E-state index contributed by atoms with van der Waals surface area (Å²) in [5.74, 6) is 0. The molecule has 0 atom stereocenters. The lowest BCUT2D eigenvalue weighted by atomic mass is 10.5. The third kappa shape index (κ3) is 2.76. The number of nitro groups is 1. The SMILES string of the molecule is CN(CCC#N)S(=O)(=O)c1cc([N+](=O)[O-])c(N)s1. The molecule has 0 saturated heterocycles. The minimum absolute atomic E-state index is 0.0183. The summed E-state index contributed by atoms with van der Waals surface area (Å²) in [6.07, 6.45) is 0.0404. The van der Waals surface area contributed by atoms with E-state index in [0.717, 1.165) is 10.4 Å². The fourth-order valence-corrected chi connectivity index (χ4v) is 3.72. The van der Waals surface area contributed by atoms with Crippen molar-refractivity contribution < 1.29 is 13.3 Å². The Labute approximate surface area is 107 Å². The fourth-order valence-electron chi connectivity index (χ4n) is 1.12. The molecule has 0 spiro atoms. The highest BCUT2D eigenvalue weighted by atomic mass is 32.2. The predicted octanol–water partition coefficient (Wildman–Crippen LogP) is 0.773. The molecule has 0 unspecified atom stereocenters. The first-order valence-electron chi connectivity index (χ1n) is 4.67. The Kier molecular flexibility index (Phi) is 4.23. The van der Waals surface area contributed by atoms with E-state index in [0.29, 0.717) is 11.3 Å². The van der Waals surface area contributed by atoms with Crippen molar-refractivity contribution in [3.05, 3.63) is 16.2 Å². The van der Waals surface area contributed by atoms with Crippen molar-refractivity contribution in [1.82, 2.24) is 4.31 Å². The van der Waals surface area contributed by atoms with Gasteiger partial charge in [-0.2, -0.15) is 9.57 Å². The van der Waals surface area contributed by atoms with Crippen LogP contribution >= 0.6 is 11.3 Å². The standard InChI is InChI=1S/C8H10N4O4S2/c1-11(4-2-3-9)18(15,16)7-5-6(12(13)14)8(10)17-7/h5H,2,4,10H2,1H3. The number of rotatable bonds is 5. The zero-order valence-electron chi connectivity index (χ0n) is 9.36. The third-order valence-electron chi connectivity index (χ3n) is 2.12. The molecule has 1 aromatic heterocycles. The molecule has 98 valence electrons. The molecular formula is C8H10N4O4S2. The lowest BCUT2D eigenvalue weighted by Crippen LogP contribution is -2.27. The smallest absolute Gasteiger partial charge is 0.304 e. The van der Waals surface area contributed by atoms with E-state index in [-0.39, 0.29) is 22.2 Å². The lowest BCUT2D eigenvalue weighted by molar-refractivity contribution is -0.383. The summed E-state index contributed by atoms with van der Waals surface area (Å²) in [5, 5.41) is 18.8. The number of thiophene rings is 1. The second kappa shape index (κ2) is 5.30. The van der Waals surface area contributed by atoms with Crippen LogP contribution < -0.4 is 5.73 Å². The molecule has 10 heteroatoms. The maximum Gasteiger partial charge on any atom is 0.304 e. The summed E-state index contributed by atoms with van der Waals surface area (Å²) in [5.41, 5.74) is 4.96. The summed E-state index contributed by atoms with van der Waals surface area (Å²) in [6, 6.07) is 2.75. The largest absolute Gasteiger partial charge is 0.385 e. The monoisotopic (exact) mass is 290 g/mol. The van der Waals surface area contributed by atoms with Crippen molar-refractivity contribution in [3.8, 4) is 6.07 Å². The maximum absolute atomic E-state index is 12.0. The normalized spacial score (nSPS) is 11.4. The van der Waals surface area contributed by atoms with Gasteiger partial charge in [-0.15, -0.1) is 0 Å². The second-order valence-electron chi connectivity index (χ2n) is 3.31. The molecule has 0 aliphatic heterocycles. The lowest BCUT2D eigenvalue weighted by Gasteiger charge is -2.13. The van der Waals surface area contributed by atoms with Gasteiger partial charge in [0.25, 0.3) is 10.0 Å². The molecule has 18 heavy (non-hydrogen) atoms. The number of sulfonamides is 1. The van der Waals surface area contributed by atoms with E-state index < -0.39 is 20.6 Å². The zero-order valence-corrected chi connectivity index (χ0v) is 11.0. The highest BCUT2D eigenvalue weighted by Crippen LogP contribution is 2.35. The Hall–Kier alpha value is -1.70. The summed E-state index contributed by atoms with van der Waals surface area (Å²) >= 11 is 0.635. The fraction of sp³-hybridized carbons (Fsp3) is 0.375. The van der Waals surface area contributed by atoms with Crippen molar-refractivity contribution in [3.63, 3.8) is 0 Å². The van der Waals surface area contributed by atoms with Crippen LogP contribution in [0.15, 0.2) is 10.3 Å². The molecule has 1 rings (SSSR count). The minimum Gasteiger partial charge on any atom is -0.385 e. The van der Waals surface area contributed by atoms with Gasteiger partial charge >= 0.3 is 5.69 Å². The van der Waals surface area contributed by atoms with Crippen LogP contribution in [0.2, 0.25) is 0 Å². The average Bonchev–Trinajstić information content (AvgIpc) is 2.68. The van der Waals surface area contributed by atoms with E-state index in [1.165, 1.54) is 7.05 Å². The topological polar surface area (TPSA) is 130 Å². The van der Waals surface area contributed by atoms with Gasteiger partial charge in [-0.1, -0.05) is 11.3 Å². The molecule has 1 aromatic rings. The van der Waals surface area contributed by atoms with Gasteiger partial charge in [-0.25, -0.2) is 8.42 Å². The molecule has 2 N–H and O–H groups in total. The van der Waals surface area contributed by atoms with Gasteiger partial charge in [0.05, 0.1) is 11.0 Å². The van der Waals surface area contributed by atoms with Crippen molar-refractivity contribution in [2.45, 2.75) is 10.6 Å². The molecule has 0 amide bonds. The molecule has 0 aliphatic rings. The van der Waals surface area contributed by atoms with Crippen molar-refractivity contribution in [2.24, 2.45) is 0 Å². The number of nitrogens with zero attached hydrogens (tertiary/aromatic N) is 3. The number of hydrogen-bond acceptors (Lipinski definition) is 7. The van der Waals surface area contributed by atoms with Crippen molar-refractivity contribution >= 4 is 32.0 Å². The van der Waals surface area contributed by atoms with Gasteiger partial charge in [-0.3, -0.25) is 10.1 Å².